The lowest BCUT2D eigenvalue weighted by atomic mass is 10.0. The molecule has 36 heavy (non-hydrogen) atoms. The van der Waals surface area contributed by atoms with E-state index < -0.39 is 23.8 Å². The zero-order valence-electron chi connectivity index (χ0n) is 19.6. The lowest BCUT2D eigenvalue weighted by Gasteiger charge is -2.37. The van der Waals surface area contributed by atoms with Crippen LogP contribution in [0.15, 0.2) is 30.5 Å². The highest BCUT2D eigenvalue weighted by molar-refractivity contribution is 6.30. The molecule has 2 atom stereocenters. The standard InChI is InChI=1S/C25H27ClF2N4O4/c26-16-12-20(28)23(29-13-16)30-7-3-17(4-8-30)32-10-6-22(25(32)35)36-21-2-1-15(11-19(21)27)24(34)31-9-5-18(33)14-31/h1-2,11-13,17-18,22,33H,3-10,14H2/t18-,22?/m0/s1. The number of pyridine rings is 1. The number of carbonyl (C=O) groups excluding carboxylic acids is 2. The normalized spacial score (nSPS) is 23.0. The molecular formula is C25H27ClF2N4O4. The number of aromatic nitrogens is 1. The summed E-state index contributed by atoms with van der Waals surface area (Å²) in [6, 6.07) is 5.18. The smallest absolute Gasteiger partial charge is 0.263 e. The van der Waals surface area contributed by atoms with Crippen molar-refractivity contribution in [1.29, 1.82) is 0 Å². The van der Waals surface area contributed by atoms with Crippen LogP contribution in [0.3, 0.4) is 0 Å². The molecule has 11 heteroatoms. The Bertz CT molecular complexity index is 1160. The second-order valence-corrected chi connectivity index (χ2v) is 9.88. The number of hydrogen-bond acceptors (Lipinski definition) is 6. The minimum absolute atomic E-state index is 0.0154. The fourth-order valence-electron chi connectivity index (χ4n) is 5.17. The lowest BCUT2D eigenvalue weighted by Crippen LogP contribution is -2.47. The third-order valence-corrected chi connectivity index (χ3v) is 7.29. The third-order valence-electron chi connectivity index (χ3n) is 7.08. The summed E-state index contributed by atoms with van der Waals surface area (Å²) in [5.41, 5.74) is 0.173. The largest absolute Gasteiger partial charge is 0.477 e. The number of aliphatic hydroxyl groups is 1. The highest BCUT2D eigenvalue weighted by atomic mass is 35.5. The van der Waals surface area contributed by atoms with Crippen molar-refractivity contribution in [3.05, 3.63) is 52.7 Å². The van der Waals surface area contributed by atoms with Crippen LogP contribution in [0.1, 0.15) is 36.0 Å². The molecule has 3 aliphatic rings. The predicted molar refractivity (Wildman–Crippen MR) is 128 cm³/mol. The van der Waals surface area contributed by atoms with Gasteiger partial charge in [-0.1, -0.05) is 11.6 Å². The summed E-state index contributed by atoms with van der Waals surface area (Å²) in [7, 11) is 0. The Morgan fingerprint density at radius 1 is 1.06 bits per heavy atom. The summed E-state index contributed by atoms with van der Waals surface area (Å²) in [6.07, 6.45) is 2.29. The Labute approximate surface area is 212 Å². The molecule has 0 spiro atoms. The molecule has 1 unspecified atom stereocenters. The molecule has 0 aliphatic carbocycles. The van der Waals surface area contributed by atoms with Crippen LogP contribution in [0.2, 0.25) is 5.02 Å². The Morgan fingerprint density at radius 3 is 2.50 bits per heavy atom. The van der Waals surface area contributed by atoms with Gasteiger partial charge in [0.2, 0.25) is 0 Å². The van der Waals surface area contributed by atoms with E-state index >= 15 is 0 Å². The molecule has 3 saturated heterocycles. The molecule has 1 aromatic heterocycles. The summed E-state index contributed by atoms with van der Waals surface area (Å²) in [6.45, 7) is 2.25. The highest BCUT2D eigenvalue weighted by Crippen LogP contribution is 2.29. The number of aliphatic hydroxyl groups excluding tert-OH is 1. The molecule has 192 valence electrons. The lowest BCUT2D eigenvalue weighted by molar-refractivity contribution is -0.135. The zero-order chi connectivity index (χ0) is 25.4. The fourth-order valence-corrected chi connectivity index (χ4v) is 5.31. The number of benzene rings is 1. The van der Waals surface area contributed by atoms with Gasteiger partial charge in [0, 0.05) is 56.9 Å². The van der Waals surface area contributed by atoms with Gasteiger partial charge in [-0.2, -0.15) is 0 Å². The number of carbonyl (C=O) groups is 2. The molecule has 0 saturated carbocycles. The van der Waals surface area contributed by atoms with E-state index in [0.29, 0.717) is 51.9 Å². The van der Waals surface area contributed by atoms with Crippen molar-refractivity contribution in [1.82, 2.24) is 14.8 Å². The van der Waals surface area contributed by atoms with E-state index in [2.05, 4.69) is 4.98 Å². The molecule has 2 aromatic rings. The van der Waals surface area contributed by atoms with Gasteiger partial charge >= 0.3 is 0 Å². The van der Waals surface area contributed by atoms with Crippen molar-refractivity contribution in [2.75, 3.05) is 37.6 Å². The van der Waals surface area contributed by atoms with Crippen LogP contribution in [0.5, 0.6) is 5.75 Å². The number of piperidine rings is 1. The molecule has 2 amide bonds. The average molecular weight is 521 g/mol. The van der Waals surface area contributed by atoms with Crippen molar-refractivity contribution < 1.29 is 28.2 Å². The fraction of sp³-hybridized carbons (Fsp3) is 0.480. The third kappa shape index (κ3) is 4.97. The minimum Gasteiger partial charge on any atom is -0.477 e. The van der Waals surface area contributed by atoms with Gasteiger partial charge < -0.3 is 24.5 Å². The number of hydrogen-bond donors (Lipinski definition) is 1. The van der Waals surface area contributed by atoms with Crippen molar-refractivity contribution in [2.24, 2.45) is 0 Å². The van der Waals surface area contributed by atoms with Gasteiger partial charge in [-0.3, -0.25) is 9.59 Å². The van der Waals surface area contributed by atoms with Gasteiger partial charge in [-0.25, -0.2) is 13.8 Å². The first kappa shape index (κ1) is 24.7. The first-order valence-electron chi connectivity index (χ1n) is 12.1. The number of ether oxygens (including phenoxy) is 1. The minimum atomic E-state index is -0.803. The Kier molecular flexibility index (Phi) is 6.98. The van der Waals surface area contributed by atoms with Gasteiger partial charge in [-0.05, 0) is 43.5 Å². The van der Waals surface area contributed by atoms with E-state index in [1.54, 1.807) is 4.90 Å². The van der Waals surface area contributed by atoms with Crippen LogP contribution in [0.4, 0.5) is 14.6 Å². The van der Waals surface area contributed by atoms with Crippen LogP contribution in [-0.4, -0.2) is 82.7 Å². The maximum atomic E-state index is 14.7. The van der Waals surface area contributed by atoms with E-state index in [1.165, 1.54) is 29.3 Å². The maximum Gasteiger partial charge on any atom is 0.263 e. The van der Waals surface area contributed by atoms with Gasteiger partial charge in [0.05, 0.1) is 11.1 Å². The van der Waals surface area contributed by atoms with E-state index in [0.717, 1.165) is 6.07 Å². The molecule has 3 aliphatic heterocycles. The van der Waals surface area contributed by atoms with Crippen LogP contribution < -0.4 is 9.64 Å². The molecule has 5 rings (SSSR count). The first-order chi connectivity index (χ1) is 17.3. The summed E-state index contributed by atoms with van der Waals surface area (Å²) >= 11 is 5.79. The number of rotatable bonds is 5. The number of likely N-dealkylation sites (tertiary alicyclic amines) is 2. The summed E-state index contributed by atoms with van der Waals surface area (Å²) in [5, 5.41) is 9.87. The molecule has 1 N–H and O–H groups in total. The van der Waals surface area contributed by atoms with Crippen LogP contribution in [-0.2, 0) is 4.79 Å². The number of anilines is 1. The Morgan fingerprint density at radius 2 is 1.83 bits per heavy atom. The molecule has 1 aromatic carbocycles. The topological polar surface area (TPSA) is 86.2 Å². The molecule has 0 radical (unpaired) electrons. The summed E-state index contributed by atoms with van der Waals surface area (Å²) < 4.78 is 34.7. The van der Waals surface area contributed by atoms with E-state index in [-0.39, 0.29) is 46.6 Å². The number of halogens is 3. The summed E-state index contributed by atoms with van der Waals surface area (Å²) in [5.74, 6) is -1.55. The van der Waals surface area contributed by atoms with Crippen molar-refractivity contribution in [3.8, 4) is 5.75 Å². The zero-order valence-corrected chi connectivity index (χ0v) is 20.3. The molecule has 8 nitrogen and oxygen atoms in total. The van der Waals surface area contributed by atoms with Crippen LogP contribution >= 0.6 is 11.6 Å². The predicted octanol–water partition coefficient (Wildman–Crippen LogP) is 2.87. The van der Waals surface area contributed by atoms with Crippen LogP contribution in [0, 0.1) is 11.6 Å². The van der Waals surface area contributed by atoms with Crippen molar-refractivity contribution in [3.63, 3.8) is 0 Å². The molecule has 4 heterocycles. The van der Waals surface area contributed by atoms with Gasteiger partial charge in [-0.15, -0.1) is 0 Å². The second-order valence-electron chi connectivity index (χ2n) is 9.44. The van der Waals surface area contributed by atoms with Gasteiger partial charge in [0.15, 0.2) is 29.3 Å². The average Bonchev–Trinajstić information content (AvgIpc) is 3.45. The van der Waals surface area contributed by atoms with E-state index in [9.17, 15) is 23.5 Å². The first-order valence-corrected chi connectivity index (χ1v) is 12.5. The Hall–Kier alpha value is -2.98. The second kappa shape index (κ2) is 10.2. The summed E-state index contributed by atoms with van der Waals surface area (Å²) in [4.78, 5) is 34.8. The molecule has 0 bridgehead atoms. The van der Waals surface area contributed by atoms with E-state index in [1.807, 2.05) is 4.90 Å². The van der Waals surface area contributed by atoms with E-state index in [4.69, 9.17) is 16.3 Å². The number of nitrogens with zero attached hydrogens (tertiary/aromatic N) is 4. The van der Waals surface area contributed by atoms with Crippen molar-refractivity contribution in [2.45, 2.75) is 43.9 Å². The SMILES string of the molecule is O=C(c1ccc(OC2CCN(C3CCN(c4ncc(Cl)cc4F)CC3)C2=O)c(F)c1)N1CC[C@H](O)C1. The maximum absolute atomic E-state index is 14.7. The quantitative estimate of drug-likeness (QED) is 0.652. The van der Waals surface area contributed by atoms with Gasteiger partial charge in [0.25, 0.3) is 11.8 Å². The highest BCUT2D eigenvalue weighted by Gasteiger charge is 2.39. The Balaban J connectivity index is 1.17. The van der Waals surface area contributed by atoms with Gasteiger partial charge in [0.1, 0.15) is 0 Å². The van der Waals surface area contributed by atoms with Crippen molar-refractivity contribution >= 4 is 29.2 Å². The number of β-amino-alcohol motifs (C(OH)–C–C–N with tert-alkyl or cyclic N) is 1. The van der Waals surface area contributed by atoms with Crippen LogP contribution in [0.25, 0.3) is 0 Å². The molecule has 3 fully saturated rings. The molecular weight excluding hydrogens is 494 g/mol. The monoisotopic (exact) mass is 520 g/mol. The number of amides is 2.